The summed E-state index contributed by atoms with van der Waals surface area (Å²) in [6, 6.07) is 7.64. The molecule has 5 heteroatoms. The van der Waals surface area contributed by atoms with E-state index in [-0.39, 0.29) is 5.91 Å². The quantitative estimate of drug-likeness (QED) is 0.659. The van der Waals surface area contributed by atoms with Crippen LogP contribution < -0.4 is 10.1 Å². The van der Waals surface area contributed by atoms with Crippen molar-refractivity contribution in [3.8, 4) is 5.75 Å². The minimum atomic E-state index is 0.0703. The van der Waals surface area contributed by atoms with Gasteiger partial charge < -0.3 is 14.6 Å². The number of nitrogens with zero attached hydrogens (tertiary/aromatic N) is 1. The summed E-state index contributed by atoms with van der Waals surface area (Å²) < 4.78 is 10.9. The second-order valence-electron chi connectivity index (χ2n) is 6.32. The first-order valence-corrected chi connectivity index (χ1v) is 9.00. The third-order valence-corrected chi connectivity index (χ3v) is 4.20. The van der Waals surface area contributed by atoms with Gasteiger partial charge in [-0.25, -0.2) is 0 Å². The Labute approximate surface area is 149 Å². The molecule has 1 amide bonds. The summed E-state index contributed by atoms with van der Waals surface area (Å²) in [4.78, 5) is 11.9. The Kier molecular flexibility index (Phi) is 7.51. The van der Waals surface area contributed by atoms with Gasteiger partial charge in [-0.15, -0.1) is 0 Å². The minimum absolute atomic E-state index is 0.0703. The van der Waals surface area contributed by atoms with Crippen LogP contribution in [0, 0.1) is 13.8 Å². The summed E-state index contributed by atoms with van der Waals surface area (Å²) in [5.74, 6) is 1.62. The Balaban J connectivity index is 1.75. The van der Waals surface area contributed by atoms with Gasteiger partial charge in [-0.3, -0.25) is 4.79 Å². The molecule has 0 aliphatic heterocycles. The number of aromatic nitrogens is 1. The van der Waals surface area contributed by atoms with E-state index in [1.807, 2.05) is 38.1 Å². The Morgan fingerprint density at radius 1 is 1.16 bits per heavy atom. The van der Waals surface area contributed by atoms with E-state index in [1.165, 1.54) is 19.3 Å². The summed E-state index contributed by atoms with van der Waals surface area (Å²) in [5.41, 5.74) is 2.81. The van der Waals surface area contributed by atoms with E-state index in [1.54, 1.807) is 0 Å². The van der Waals surface area contributed by atoms with Gasteiger partial charge in [-0.1, -0.05) is 43.5 Å². The van der Waals surface area contributed by atoms with Crippen molar-refractivity contribution in [2.45, 2.75) is 59.5 Å². The fourth-order valence-corrected chi connectivity index (χ4v) is 2.59. The minimum Gasteiger partial charge on any atom is -0.489 e. The molecule has 0 saturated heterocycles. The van der Waals surface area contributed by atoms with E-state index < -0.39 is 0 Å². The van der Waals surface area contributed by atoms with Crippen LogP contribution in [0.15, 0.2) is 28.8 Å². The molecule has 0 unspecified atom stereocenters. The van der Waals surface area contributed by atoms with Crippen molar-refractivity contribution in [3.05, 3.63) is 46.8 Å². The Bertz CT molecular complexity index is 643. The maximum absolute atomic E-state index is 11.9. The predicted molar refractivity (Wildman–Crippen MR) is 97.6 cm³/mol. The number of hydrogen-bond donors (Lipinski definition) is 1. The SMILES string of the molecule is CCCCCCNC(=O)Cc1ccc(OCc2c(C)noc2C)cc1. The topological polar surface area (TPSA) is 64.4 Å². The highest BCUT2D eigenvalue weighted by Crippen LogP contribution is 2.18. The van der Waals surface area contributed by atoms with Crippen molar-refractivity contribution in [2.24, 2.45) is 0 Å². The van der Waals surface area contributed by atoms with Gasteiger partial charge >= 0.3 is 0 Å². The molecule has 0 spiro atoms. The maximum atomic E-state index is 11.9. The van der Waals surface area contributed by atoms with E-state index in [4.69, 9.17) is 9.26 Å². The highest BCUT2D eigenvalue weighted by atomic mass is 16.5. The molecule has 0 saturated carbocycles. The molecule has 2 aromatic rings. The van der Waals surface area contributed by atoms with Crippen molar-refractivity contribution in [3.63, 3.8) is 0 Å². The van der Waals surface area contributed by atoms with Crippen LogP contribution in [-0.2, 0) is 17.8 Å². The zero-order chi connectivity index (χ0) is 18.1. The smallest absolute Gasteiger partial charge is 0.224 e. The molecule has 0 aliphatic rings. The van der Waals surface area contributed by atoms with Gasteiger partial charge in [-0.05, 0) is 38.0 Å². The van der Waals surface area contributed by atoms with Crippen LogP contribution in [0.2, 0.25) is 0 Å². The monoisotopic (exact) mass is 344 g/mol. The molecule has 0 aliphatic carbocycles. The molecule has 2 rings (SSSR count). The van der Waals surface area contributed by atoms with Crippen LogP contribution >= 0.6 is 0 Å². The lowest BCUT2D eigenvalue weighted by Crippen LogP contribution is -2.26. The second kappa shape index (κ2) is 9.87. The fourth-order valence-electron chi connectivity index (χ4n) is 2.59. The van der Waals surface area contributed by atoms with Gasteiger partial charge in [0.15, 0.2) is 0 Å². The van der Waals surface area contributed by atoms with E-state index >= 15 is 0 Å². The third-order valence-electron chi connectivity index (χ3n) is 4.20. The molecule has 0 radical (unpaired) electrons. The number of benzene rings is 1. The van der Waals surface area contributed by atoms with Crippen molar-refractivity contribution in [2.75, 3.05) is 6.54 Å². The molecular formula is C20H28N2O3. The van der Waals surface area contributed by atoms with Crippen molar-refractivity contribution in [1.29, 1.82) is 0 Å². The first-order valence-electron chi connectivity index (χ1n) is 9.00. The largest absolute Gasteiger partial charge is 0.489 e. The summed E-state index contributed by atoms with van der Waals surface area (Å²) in [6.45, 7) is 7.15. The lowest BCUT2D eigenvalue weighted by molar-refractivity contribution is -0.120. The molecule has 136 valence electrons. The number of nitrogens with one attached hydrogen (secondary N) is 1. The van der Waals surface area contributed by atoms with E-state index in [0.29, 0.717) is 13.0 Å². The first-order chi connectivity index (χ1) is 12.1. The molecule has 1 N–H and O–H groups in total. The molecule has 1 aromatic heterocycles. The summed E-state index contributed by atoms with van der Waals surface area (Å²) in [7, 11) is 0. The second-order valence-corrected chi connectivity index (χ2v) is 6.32. The molecule has 25 heavy (non-hydrogen) atoms. The highest BCUT2D eigenvalue weighted by Gasteiger charge is 2.09. The molecule has 5 nitrogen and oxygen atoms in total. The van der Waals surface area contributed by atoms with Crippen molar-refractivity contribution < 1.29 is 14.1 Å². The van der Waals surface area contributed by atoms with Crippen LogP contribution in [0.5, 0.6) is 5.75 Å². The summed E-state index contributed by atoms with van der Waals surface area (Å²) in [5, 5.41) is 6.89. The average molecular weight is 344 g/mol. The summed E-state index contributed by atoms with van der Waals surface area (Å²) in [6.07, 6.45) is 5.06. The van der Waals surface area contributed by atoms with Crippen LogP contribution in [-0.4, -0.2) is 17.6 Å². The first kappa shape index (κ1) is 19.0. The van der Waals surface area contributed by atoms with E-state index in [2.05, 4.69) is 17.4 Å². The van der Waals surface area contributed by atoms with Gasteiger partial charge in [0.2, 0.25) is 5.91 Å². The number of carbonyl (C=O) groups is 1. The van der Waals surface area contributed by atoms with E-state index in [9.17, 15) is 4.79 Å². The molecule has 0 atom stereocenters. The lowest BCUT2D eigenvalue weighted by Gasteiger charge is -2.08. The van der Waals surface area contributed by atoms with Gasteiger partial charge in [-0.2, -0.15) is 0 Å². The predicted octanol–water partition coefficient (Wildman–Crippen LogP) is 4.11. The van der Waals surface area contributed by atoms with Crippen LogP contribution in [0.25, 0.3) is 0 Å². The number of unbranched alkanes of at least 4 members (excludes halogenated alkanes) is 3. The zero-order valence-corrected chi connectivity index (χ0v) is 15.4. The van der Waals surface area contributed by atoms with Gasteiger partial charge in [0, 0.05) is 6.54 Å². The zero-order valence-electron chi connectivity index (χ0n) is 15.4. The number of ether oxygens (including phenoxy) is 1. The normalized spacial score (nSPS) is 10.7. The Morgan fingerprint density at radius 2 is 1.92 bits per heavy atom. The number of rotatable bonds is 10. The number of hydrogen-bond acceptors (Lipinski definition) is 4. The molecule has 0 bridgehead atoms. The van der Waals surface area contributed by atoms with E-state index in [0.717, 1.165) is 41.3 Å². The number of carbonyl (C=O) groups excluding carboxylic acids is 1. The molecule has 1 heterocycles. The third kappa shape index (κ3) is 6.25. The van der Waals surface area contributed by atoms with Crippen LogP contribution in [0.1, 0.15) is 55.2 Å². The highest BCUT2D eigenvalue weighted by molar-refractivity contribution is 5.78. The van der Waals surface area contributed by atoms with Gasteiger partial charge in [0.1, 0.15) is 18.1 Å². The molecular weight excluding hydrogens is 316 g/mol. The fraction of sp³-hybridized carbons (Fsp3) is 0.500. The average Bonchev–Trinajstić information content (AvgIpc) is 2.92. The van der Waals surface area contributed by atoms with Crippen molar-refractivity contribution in [1.82, 2.24) is 10.5 Å². The molecule has 1 aromatic carbocycles. The van der Waals surface area contributed by atoms with Crippen LogP contribution in [0.3, 0.4) is 0 Å². The standard InChI is InChI=1S/C20H28N2O3/c1-4-5-6-7-12-21-20(23)13-17-8-10-18(11-9-17)24-14-19-15(2)22-25-16(19)3/h8-11H,4-7,12-14H2,1-3H3,(H,21,23). The van der Waals surface area contributed by atoms with Gasteiger partial charge in [0.25, 0.3) is 0 Å². The Morgan fingerprint density at radius 3 is 2.56 bits per heavy atom. The lowest BCUT2D eigenvalue weighted by atomic mass is 10.1. The van der Waals surface area contributed by atoms with Crippen molar-refractivity contribution >= 4 is 5.91 Å². The maximum Gasteiger partial charge on any atom is 0.224 e. The number of aryl methyl sites for hydroxylation is 2. The Hall–Kier alpha value is -2.30. The molecule has 0 fully saturated rings. The van der Waals surface area contributed by atoms with Crippen LogP contribution in [0.4, 0.5) is 0 Å². The van der Waals surface area contributed by atoms with Gasteiger partial charge in [0.05, 0.1) is 17.7 Å². The summed E-state index contributed by atoms with van der Waals surface area (Å²) >= 11 is 0. The number of amides is 1.